The molecule has 2 fully saturated rings. The van der Waals surface area contributed by atoms with Crippen molar-refractivity contribution in [3.05, 3.63) is 17.6 Å². The van der Waals surface area contributed by atoms with Gasteiger partial charge in [-0.2, -0.15) is 11.8 Å². The smallest absolute Gasteiger partial charge is 0.132 e. The van der Waals surface area contributed by atoms with E-state index in [-0.39, 0.29) is 0 Å². The Morgan fingerprint density at radius 3 is 2.56 bits per heavy atom. The predicted molar refractivity (Wildman–Crippen MR) is 76.4 cm³/mol. The van der Waals surface area contributed by atoms with Crippen molar-refractivity contribution in [3.63, 3.8) is 0 Å². The third kappa shape index (κ3) is 2.47. The molecule has 98 valence electrons. The van der Waals surface area contributed by atoms with Crippen molar-refractivity contribution in [2.45, 2.75) is 19.9 Å². The van der Waals surface area contributed by atoms with Crippen LogP contribution in [0.15, 0.2) is 6.07 Å². The lowest BCUT2D eigenvalue weighted by molar-refractivity contribution is 0.182. The second-order valence-electron chi connectivity index (χ2n) is 5.12. The Hall–Kier alpha value is -0.810. The average molecular weight is 264 g/mol. The quantitative estimate of drug-likeness (QED) is 0.804. The van der Waals surface area contributed by atoms with E-state index in [4.69, 9.17) is 0 Å². The first-order valence-corrected chi connectivity index (χ1v) is 7.77. The summed E-state index contributed by atoms with van der Waals surface area (Å²) in [5, 5.41) is 0. The monoisotopic (exact) mass is 264 g/mol. The Bertz CT molecular complexity index is 405. The topological polar surface area (TPSA) is 32.3 Å². The van der Waals surface area contributed by atoms with Crippen LogP contribution in [0.5, 0.6) is 0 Å². The minimum absolute atomic E-state index is 0.737. The number of aromatic nitrogens is 2. The van der Waals surface area contributed by atoms with E-state index in [1.807, 2.05) is 13.8 Å². The number of hydrogen-bond acceptors (Lipinski definition) is 5. The van der Waals surface area contributed by atoms with Gasteiger partial charge in [-0.05, 0) is 13.8 Å². The molecule has 0 aromatic carbocycles. The second-order valence-corrected chi connectivity index (χ2v) is 6.35. The molecule has 1 aromatic rings. The molecule has 0 amide bonds. The van der Waals surface area contributed by atoms with Gasteiger partial charge in [-0.3, -0.25) is 4.90 Å². The van der Waals surface area contributed by atoms with Crippen LogP contribution in [0.1, 0.15) is 11.5 Å². The van der Waals surface area contributed by atoms with Crippen LogP contribution < -0.4 is 4.90 Å². The van der Waals surface area contributed by atoms with E-state index in [1.165, 1.54) is 24.6 Å². The van der Waals surface area contributed by atoms with E-state index in [0.717, 1.165) is 36.5 Å². The van der Waals surface area contributed by atoms with E-state index in [2.05, 4.69) is 37.6 Å². The van der Waals surface area contributed by atoms with Crippen LogP contribution in [0, 0.1) is 13.8 Å². The maximum atomic E-state index is 4.53. The Balaban J connectivity index is 1.60. The number of thioether (sulfide) groups is 1. The number of anilines is 1. The fraction of sp³-hybridized carbons (Fsp3) is 0.692. The SMILES string of the molecule is Cc1cc(N2CC(N3CCSCC3)C2)nc(C)n1. The van der Waals surface area contributed by atoms with Crippen LogP contribution in [0.4, 0.5) is 5.82 Å². The summed E-state index contributed by atoms with van der Waals surface area (Å²) in [5.41, 5.74) is 1.07. The van der Waals surface area contributed by atoms with Gasteiger partial charge in [-0.1, -0.05) is 0 Å². The Morgan fingerprint density at radius 1 is 1.17 bits per heavy atom. The maximum absolute atomic E-state index is 4.53. The van der Waals surface area contributed by atoms with Crippen LogP contribution in [0.2, 0.25) is 0 Å². The lowest BCUT2D eigenvalue weighted by Crippen LogP contribution is -2.61. The van der Waals surface area contributed by atoms with Crippen molar-refractivity contribution < 1.29 is 0 Å². The highest BCUT2D eigenvalue weighted by Crippen LogP contribution is 2.24. The number of aryl methyl sites for hydroxylation is 2. The second kappa shape index (κ2) is 5.05. The molecule has 0 spiro atoms. The molecule has 0 unspecified atom stereocenters. The van der Waals surface area contributed by atoms with Crippen LogP contribution in [-0.4, -0.2) is 58.6 Å². The number of nitrogens with zero attached hydrogens (tertiary/aromatic N) is 4. The Morgan fingerprint density at radius 2 is 1.89 bits per heavy atom. The Labute approximate surface area is 113 Å². The normalized spacial score (nSPS) is 22.0. The van der Waals surface area contributed by atoms with Crippen molar-refractivity contribution in [1.29, 1.82) is 0 Å². The summed E-state index contributed by atoms with van der Waals surface area (Å²) < 4.78 is 0. The predicted octanol–water partition coefficient (Wildman–Crippen LogP) is 1.33. The fourth-order valence-electron chi connectivity index (χ4n) is 2.68. The van der Waals surface area contributed by atoms with Gasteiger partial charge in [-0.15, -0.1) is 0 Å². The number of rotatable bonds is 2. The van der Waals surface area contributed by atoms with Gasteiger partial charge in [0.25, 0.3) is 0 Å². The zero-order valence-electron chi connectivity index (χ0n) is 11.1. The van der Waals surface area contributed by atoms with Crippen LogP contribution in [-0.2, 0) is 0 Å². The third-order valence-corrected chi connectivity index (χ3v) is 4.64. The highest BCUT2D eigenvalue weighted by Gasteiger charge is 2.33. The van der Waals surface area contributed by atoms with Crippen molar-refractivity contribution >= 4 is 17.6 Å². The van der Waals surface area contributed by atoms with Crippen molar-refractivity contribution in [1.82, 2.24) is 14.9 Å². The minimum Gasteiger partial charge on any atom is -0.353 e. The van der Waals surface area contributed by atoms with Gasteiger partial charge in [0, 0.05) is 55.5 Å². The molecule has 0 saturated carbocycles. The highest BCUT2D eigenvalue weighted by atomic mass is 32.2. The molecule has 4 nitrogen and oxygen atoms in total. The van der Waals surface area contributed by atoms with Gasteiger partial charge in [-0.25, -0.2) is 9.97 Å². The van der Waals surface area contributed by atoms with E-state index in [1.54, 1.807) is 0 Å². The first-order valence-electron chi connectivity index (χ1n) is 6.61. The number of hydrogen-bond donors (Lipinski definition) is 0. The first kappa shape index (κ1) is 12.2. The van der Waals surface area contributed by atoms with E-state index >= 15 is 0 Å². The molecule has 0 radical (unpaired) electrons. The van der Waals surface area contributed by atoms with Crippen molar-refractivity contribution in [2.75, 3.05) is 42.6 Å². The lowest BCUT2D eigenvalue weighted by atomic mass is 10.1. The molecule has 2 aliphatic heterocycles. The first-order chi connectivity index (χ1) is 8.72. The molecule has 0 atom stereocenters. The summed E-state index contributed by atoms with van der Waals surface area (Å²) in [4.78, 5) is 13.9. The van der Waals surface area contributed by atoms with Gasteiger partial charge < -0.3 is 4.90 Å². The molecule has 2 aliphatic rings. The van der Waals surface area contributed by atoms with E-state index in [9.17, 15) is 0 Å². The van der Waals surface area contributed by atoms with Crippen molar-refractivity contribution in [2.24, 2.45) is 0 Å². The standard InChI is InChI=1S/C13H20N4S/c1-10-7-13(15-11(2)14-10)17-8-12(9-17)16-3-5-18-6-4-16/h7,12H,3-6,8-9H2,1-2H3. The molecule has 0 aliphatic carbocycles. The molecular weight excluding hydrogens is 244 g/mol. The van der Waals surface area contributed by atoms with Gasteiger partial charge in [0.05, 0.1) is 0 Å². The summed E-state index contributed by atoms with van der Waals surface area (Å²) in [5.74, 6) is 4.57. The molecule has 0 bridgehead atoms. The van der Waals surface area contributed by atoms with Crippen LogP contribution in [0.25, 0.3) is 0 Å². The Kier molecular flexibility index (Phi) is 3.43. The largest absolute Gasteiger partial charge is 0.353 e. The van der Waals surface area contributed by atoms with Crippen LogP contribution in [0.3, 0.4) is 0 Å². The van der Waals surface area contributed by atoms with Crippen molar-refractivity contribution in [3.8, 4) is 0 Å². The van der Waals surface area contributed by atoms with Gasteiger partial charge in [0.15, 0.2) is 0 Å². The minimum atomic E-state index is 0.737. The third-order valence-electron chi connectivity index (χ3n) is 3.70. The average Bonchev–Trinajstić information content (AvgIpc) is 2.27. The molecule has 0 N–H and O–H groups in total. The summed E-state index contributed by atoms with van der Waals surface area (Å²) in [6.07, 6.45) is 0. The fourth-order valence-corrected chi connectivity index (χ4v) is 3.61. The molecule has 3 rings (SSSR count). The van der Waals surface area contributed by atoms with Gasteiger partial charge >= 0.3 is 0 Å². The van der Waals surface area contributed by atoms with Gasteiger partial charge in [0.1, 0.15) is 11.6 Å². The molecule has 1 aromatic heterocycles. The van der Waals surface area contributed by atoms with Crippen LogP contribution >= 0.6 is 11.8 Å². The zero-order chi connectivity index (χ0) is 12.5. The highest BCUT2D eigenvalue weighted by molar-refractivity contribution is 7.99. The molecule has 3 heterocycles. The zero-order valence-corrected chi connectivity index (χ0v) is 11.9. The summed E-state index contributed by atoms with van der Waals surface area (Å²) in [6, 6.07) is 2.83. The molecule has 5 heteroatoms. The molecular formula is C13H20N4S. The lowest BCUT2D eigenvalue weighted by Gasteiger charge is -2.47. The summed E-state index contributed by atoms with van der Waals surface area (Å²) in [7, 11) is 0. The molecule has 18 heavy (non-hydrogen) atoms. The van der Waals surface area contributed by atoms with E-state index < -0.39 is 0 Å². The maximum Gasteiger partial charge on any atom is 0.132 e. The van der Waals surface area contributed by atoms with Gasteiger partial charge in [0.2, 0.25) is 0 Å². The summed E-state index contributed by atoms with van der Waals surface area (Å²) in [6.45, 7) is 8.77. The van der Waals surface area contributed by atoms with E-state index in [0.29, 0.717) is 0 Å². The summed E-state index contributed by atoms with van der Waals surface area (Å²) >= 11 is 2.08. The molecule has 2 saturated heterocycles.